The SMILES string of the molecule is O=C1N[C@H](C(=O)NCc2cccnc2Oc2ccc(F)cc2F)CO1. The third-order valence-corrected chi connectivity index (χ3v) is 3.39. The number of nitrogens with zero attached hydrogens (tertiary/aromatic N) is 1. The van der Waals surface area contributed by atoms with Crippen molar-refractivity contribution in [2.24, 2.45) is 0 Å². The number of hydrogen-bond acceptors (Lipinski definition) is 5. The highest BCUT2D eigenvalue weighted by molar-refractivity contribution is 5.87. The number of nitrogens with one attached hydrogen (secondary N) is 2. The van der Waals surface area contributed by atoms with Crippen LogP contribution in [0.4, 0.5) is 13.6 Å². The van der Waals surface area contributed by atoms with Crippen molar-refractivity contribution >= 4 is 12.0 Å². The van der Waals surface area contributed by atoms with Gasteiger partial charge in [-0.05, 0) is 18.2 Å². The minimum atomic E-state index is -0.869. The normalized spacial score (nSPS) is 16.1. The molecule has 1 aliphatic heterocycles. The molecule has 0 radical (unpaired) electrons. The van der Waals surface area contributed by atoms with E-state index in [1.54, 1.807) is 12.1 Å². The van der Waals surface area contributed by atoms with Gasteiger partial charge in [-0.3, -0.25) is 4.79 Å². The lowest BCUT2D eigenvalue weighted by Gasteiger charge is -2.12. The van der Waals surface area contributed by atoms with Crippen LogP contribution in [-0.2, 0) is 16.1 Å². The Hall–Kier alpha value is -3.23. The van der Waals surface area contributed by atoms with Crippen LogP contribution < -0.4 is 15.4 Å². The van der Waals surface area contributed by atoms with Gasteiger partial charge in [-0.1, -0.05) is 6.07 Å². The summed E-state index contributed by atoms with van der Waals surface area (Å²) in [7, 11) is 0. The second-order valence-corrected chi connectivity index (χ2v) is 5.16. The Morgan fingerprint density at radius 3 is 2.96 bits per heavy atom. The van der Waals surface area contributed by atoms with Crippen LogP contribution in [0.5, 0.6) is 11.6 Å². The van der Waals surface area contributed by atoms with Crippen LogP contribution in [0.3, 0.4) is 0 Å². The van der Waals surface area contributed by atoms with E-state index in [0.717, 1.165) is 12.1 Å². The lowest BCUT2D eigenvalue weighted by Crippen LogP contribution is -2.42. The standard InChI is InChI=1S/C16H13F2N3O4/c17-10-3-4-13(11(18)6-10)25-15-9(2-1-5-19-15)7-20-14(22)12-8-24-16(23)21-12/h1-6,12H,7-8H2,(H,20,22)(H,21,23)/t12-/m0/s1. The summed E-state index contributed by atoms with van der Waals surface area (Å²) in [5.41, 5.74) is 0.477. The molecule has 7 nitrogen and oxygen atoms in total. The molecule has 25 heavy (non-hydrogen) atoms. The fourth-order valence-electron chi connectivity index (χ4n) is 2.14. The summed E-state index contributed by atoms with van der Waals surface area (Å²) in [5, 5.41) is 4.96. The fourth-order valence-corrected chi connectivity index (χ4v) is 2.14. The Morgan fingerprint density at radius 1 is 1.40 bits per heavy atom. The van der Waals surface area contributed by atoms with Crippen LogP contribution in [0.25, 0.3) is 0 Å². The van der Waals surface area contributed by atoms with Crippen molar-refractivity contribution in [1.29, 1.82) is 0 Å². The van der Waals surface area contributed by atoms with E-state index in [-0.39, 0.29) is 24.8 Å². The highest BCUT2D eigenvalue weighted by Gasteiger charge is 2.28. The third kappa shape index (κ3) is 4.00. The number of rotatable bonds is 5. The van der Waals surface area contributed by atoms with Crippen molar-refractivity contribution in [1.82, 2.24) is 15.6 Å². The van der Waals surface area contributed by atoms with Crippen molar-refractivity contribution < 1.29 is 27.8 Å². The van der Waals surface area contributed by atoms with Gasteiger partial charge in [0.1, 0.15) is 18.5 Å². The number of amides is 2. The van der Waals surface area contributed by atoms with E-state index in [0.29, 0.717) is 11.6 Å². The quantitative estimate of drug-likeness (QED) is 0.860. The molecule has 0 saturated carbocycles. The summed E-state index contributed by atoms with van der Waals surface area (Å²) in [6, 6.07) is 5.38. The maximum Gasteiger partial charge on any atom is 0.407 e. The molecular formula is C16H13F2N3O4. The van der Waals surface area contributed by atoms with E-state index >= 15 is 0 Å². The van der Waals surface area contributed by atoms with Crippen molar-refractivity contribution in [2.75, 3.05) is 6.61 Å². The van der Waals surface area contributed by atoms with E-state index in [2.05, 4.69) is 20.4 Å². The number of alkyl carbamates (subject to hydrolysis) is 1. The van der Waals surface area contributed by atoms with E-state index < -0.39 is 29.7 Å². The monoisotopic (exact) mass is 349 g/mol. The minimum Gasteiger partial charge on any atom is -0.447 e. The molecule has 1 fully saturated rings. The Balaban J connectivity index is 1.68. The highest BCUT2D eigenvalue weighted by Crippen LogP contribution is 2.26. The van der Waals surface area contributed by atoms with Crippen molar-refractivity contribution in [2.45, 2.75) is 12.6 Å². The van der Waals surface area contributed by atoms with E-state index in [1.807, 2.05) is 0 Å². The Morgan fingerprint density at radius 2 is 2.24 bits per heavy atom. The first-order valence-electron chi connectivity index (χ1n) is 7.31. The van der Waals surface area contributed by atoms with Crippen LogP contribution in [0.2, 0.25) is 0 Å². The minimum absolute atomic E-state index is 0.0389. The summed E-state index contributed by atoms with van der Waals surface area (Å²) in [6.45, 7) is -0.0148. The number of halogens is 2. The zero-order valence-corrected chi connectivity index (χ0v) is 12.8. The molecule has 2 aromatic rings. The summed E-state index contributed by atoms with van der Waals surface area (Å²) in [4.78, 5) is 26.9. The first kappa shape index (κ1) is 16.6. The van der Waals surface area contributed by atoms with Crippen LogP contribution in [0, 0.1) is 11.6 Å². The molecule has 1 saturated heterocycles. The second kappa shape index (κ2) is 7.12. The van der Waals surface area contributed by atoms with Crippen molar-refractivity contribution in [3.63, 3.8) is 0 Å². The lowest BCUT2D eigenvalue weighted by atomic mass is 10.2. The molecule has 0 bridgehead atoms. The van der Waals surface area contributed by atoms with Crippen LogP contribution >= 0.6 is 0 Å². The molecule has 3 rings (SSSR count). The van der Waals surface area contributed by atoms with Crippen molar-refractivity contribution in [3.05, 3.63) is 53.7 Å². The average molecular weight is 349 g/mol. The molecule has 1 aromatic heterocycles. The molecule has 2 amide bonds. The maximum absolute atomic E-state index is 13.7. The van der Waals surface area contributed by atoms with Gasteiger partial charge in [-0.2, -0.15) is 0 Å². The Bertz CT molecular complexity index is 816. The highest BCUT2D eigenvalue weighted by atomic mass is 19.1. The number of carbonyl (C=O) groups excluding carboxylic acids is 2. The smallest absolute Gasteiger partial charge is 0.407 e. The van der Waals surface area contributed by atoms with Crippen LogP contribution in [-0.4, -0.2) is 29.6 Å². The molecule has 2 heterocycles. The summed E-state index contributed by atoms with van der Waals surface area (Å²) >= 11 is 0. The first-order valence-corrected chi connectivity index (χ1v) is 7.31. The number of aromatic nitrogens is 1. The third-order valence-electron chi connectivity index (χ3n) is 3.39. The van der Waals surface area contributed by atoms with Crippen molar-refractivity contribution in [3.8, 4) is 11.6 Å². The molecule has 130 valence electrons. The summed E-state index contributed by atoms with van der Waals surface area (Å²) < 4.78 is 36.7. The number of pyridine rings is 1. The second-order valence-electron chi connectivity index (χ2n) is 5.16. The van der Waals surface area contributed by atoms with Crippen LogP contribution in [0.15, 0.2) is 36.5 Å². The number of hydrogen-bond donors (Lipinski definition) is 2. The number of ether oxygens (including phenoxy) is 2. The van der Waals surface area contributed by atoms with Gasteiger partial charge in [0.2, 0.25) is 11.8 Å². The van der Waals surface area contributed by atoms with Gasteiger partial charge in [0.15, 0.2) is 11.6 Å². The van der Waals surface area contributed by atoms with Gasteiger partial charge in [0.25, 0.3) is 0 Å². The topological polar surface area (TPSA) is 89.6 Å². The molecule has 2 N–H and O–H groups in total. The lowest BCUT2D eigenvalue weighted by molar-refractivity contribution is -0.123. The Kier molecular flexibility index (Phi) is 4.73. The zero-order valence-electron chi connectivity index (χ0n) is 12.8. The number of benzene rings is 1. The molecule has 1 aromatic carbocycles. The van der Waals surface area contributed by atoms with Gasteiger partial charge >= 0.3 is 6.09 Å². The predicted octanol–water partition coefficient (Wildman–Crippen LogP) is 1.88. The van der Waals surface area contributed by atoms with E-state index in [1.165, 1.54) is 6.20 Å². The molecule has 0 aliphatic carbocycles. The Labute approximate surface area is 141 Å². The summed E-state index contributed by atoms with van der Waals surface area (Å²) in [5.74, 6) is -2.15. The molecule has 9 heteroatoms. The van der Waals surface area contributed by atoms with Gasteiger partial charge in [-0.25, -0.2) is 18.6 Å². The van der Waals surface area contributed by atoms with E-state index in [4.69, 9.17) is 4.74 Å². The number of cyclic esters (lactones) is 1. The van der Waals surface area contributed by atoms with E-state index in [9.17, 15) is 18.4 Å². The van der Waals surface area contributed by atoms with Gasteiger partial charge in [0, 0.05) is 24.4 Å². The van der Waals surface area contributed by atoms with Gasteiger partial charge < -0.3 is 20.1 Å². The average Bonchev–Trinajstić information content (AvgIpc) is 3.03. The molecule has 1 aliphatic rings. The summed E-state index contributed by atoms with van der Waals surface area (Å²) in [6.07, 6.45) is 0.782. The molecule has 1 atom stereocenters. The number of carbonyl (C=O) groups is 2. The molecule has 0 unspecified atom stereocenters. The maximum atomic E-state index is 13.7. The largest absolute Gasteiger partial charge is 0.447 e. The molecular weight excluding hydrogens is 336 g/mol. The van der Waals surface area contributed by atoms with Gasteiger partial charge in [-0.15, -0.1) is 0 Å². The zero-order chi connectivity index (χ0) is 17.8. The van der Waals surface area contributed by atoms with Gasteiger partial charge in [0.05, 0.1) is 0 Å². The first-order chi connectivity index (χ1) is 12.0. The van der Waals surface area contributed by atoms with Crippen LogP contribution in [0.1, 0.15) is 5.56 Å². The predicted molar refractivity (Wildman–Crippen MR) is 80.8 cm³/mol. The fraction of sp³-hybridized carbons (Fsp3) is 0.188. The molecule has 0 spiro atoms.